The van der Waals surface area contributed by atoms with Crippen molar-refractivity contribution in [1.82, 2.24) is 39.8 Å². The van der Waals surface area contributed by atoms with Crippen LogP contribution in [0.4, 0.5) is 42.0 Å². The average Bonchev–Trinajstić information content (AvgIpc) is 1.20. The number of anilines is 5. The van der Waals surface area contributed by atoms with Gasteiger partial charge in [-0.15, -0.1) is 0 Å². The molecule has 0 bridgehead atoms. The van der Waals surface area contributed by atoms with Crippen LogP contribution in [0, 0.1) is 0 Å². The van der Waals surface area contributed by atoms with E-state index >= 15 is 0 Å². The van der Waals surface area contributed by atoms with Gasteiger partial charge in [0.2, 0.25) is 0 Å². The van der Waals surface area contributed by atoms with E-state index in [9.17, 15) is 28.5 Å². The molecule has 0 saturated carbocycles. The number of hydrogen-bond donors (Lipinski definition) is 3. The number of halogens is 3. The van der Waals surface area contributed by atoms with E-state index in [1.807, 2.05) is 97.6 Å². The number of phenols is 3. The summed E-state index contributed by atoms with van der Waals surface area (Å²) in [5.41, 5.74) is 14.1. The third-order valence-electron chi connectivity index (χ3n) is 17.2. The molecule has 0 atom stereocenters. The van der Waals surface area contributed by atoms with E-state index in [0.717, 1.165) is 167 Å². The van der Waals surface area contributed by atoms with Crippen molar-refractivity contribution in [1.29, 1.82) is 0 Å². The van der Waals surface area contributed by atoms with Crippen LogP contribution in [0.15, 0.2) is 225 Å². The molecule has 3 saturated heterocycles. The zero-order valence-corrected chi connectivity index (χ0v) is 51.1. The number of phenolic OH excluding ortho intramolecular Hbond substituents is 3. The van der Waals surface area contributed by atoms with Crippen molar-refractivity contribution < 1.29 is 28.5 Å². The number of hydrogen-bond acceptors (Lipinski definition) is 16. The number of pyridine rings is 1. The second-order valence-electron chi connectivity index (χ2n) is 23.2. The average molecular weight is 1240 g/mol. The zero-order chi connectivity index (χ0) is 63.7. The Labute approximate surface area is 536 Å². The Morgan fingerprint density at radius 3 is 1.06 bits per heavy atom. The van der Waals surface area contributed by atoms with Crippen LogP contribution in [-0.2, 0) is 12.6 Å². The van der Waals surface area contributed by atoms with Crippen LogP contribution in [0.25, 0.3) is 66.5 Å². The molecule has 12 aromatic rings. The first kappa shape index (κ1) is 61.0. The molecular formula is C74H68F3N13O3. The molecular weight excluding hydrogens is 1180 g/mol. The van der Waals surface area contributed by atoms with Crippen LogP contribution in [0.5, 0.6) is 17.2 Å². The molecule has 8 aromatic carbocycles. The summed E-state index contributed by atoms with van der Waals surface area (Å²) in [4.78, 5) is 46.3. The number of nitrogens with zero attached hydrogens (tertiary/aromatic N) is 13. The number of alkyl halides is 3. The Kier molecular flexibility index (Phi) is 18.1. The molecule has 0 spiro atoms. The van der Waals surface area contributed by atoms with Crippen molar-refractivity contribution in [3.63, 3.8) is 0 Å². The quantitative estimate of drug-likeness (QED) is 0.112. The summed E-state index contributed by atoms with van der Waals surface area (Å²) in [5, 5.41) is 28.6. The fraction of sp³-hybridized carbons (Fsp3) is 0.203. The van der Waals surface area contributed by atoms with Crippen molar-refractivity contribution >= 4 is 61.9 Å². The molecule has 3 fully saturated rings. The molecule has 19 heteroatoms. The number of benzene rings is 8. The lowest BCUT2D eigenvalue weighted by atomic mass is 10.0. The Balaban J connectivity index is 0.000000127. The van der Waals surface area contributed by atoms with Crippen LogP contribution in [0.3, 0.4) is 0 Å². The van der Waals surface area contributed by atoms with Crippen LogP contribution in [0.2, 0.25) is 0 Å². The maximum absolute atomic E-state index is 12.8. The molecule has 0 aliphatic carbocycles. The second kappa shape index (κ2) is 27.7. The van der Waals surface area contributed by atoms with Crippen molar-refractivity contribution in [3.05, 3.63) is 236 Å². The van der Waals surface area contributed by atoms with Gasteiger partial charge < -0.3 is 39.8 Å². The van der Waals surface area contributed by atoms with Gasteiger partial charge in [-0.1, -0.05) is 84.9 Å². The van der Waals surface area contributed by atoms with E-state index in [-0.39, 0.29) is 17.2 Å². The van der Waals surface area contributed by atoms with Crippen LogP contribution in [0.1, 0.15) is 11.1 Å². The number of aromatic hydroxyl groups is 3. The minimum absolute atomic E-state index is 0.219. The van der Waals surface area contributed by atoms with Gasteiger partial charge >= 0.3 is 6.18 Å². The largest absolute Gasteiger partial charge is 0.508 e. The molecule has 0 unspecified atom stereocenters. The number of fused-ring (bicyclic) bond motifs is 3. The third kappa shape index (κ3) is 15.0. The summed E-state index contributed by atoms with van der Waals surface area (Å²) in [6.07, 6.45) is 5.96. The Hall–Kier alpha value is -10.9. The maximum atomic E-state index is 12.8. The Bertz CT molecular complexity index is 4460. The molecule has 93 heavy (non-hydrogen) atoms. The summed E-state index contributed by atoms with van der Waals surface area (Å²) in [5.74, 6) is 3.39. The summed E-state index contributed by atoms with van der Waals surface area (Å²) in [7, 11) is 0. The summed E-state index contributed by atoms with van der Waals surface area (Å²) in [6.45, 7) is 11.5. The van der Waals surface area contributed by atoms with Crippen molar-refractivity contribution in [3.8, 4) is 50.6 Å². The molecule has 0 radical (unpaired) electrons. The van der Waals surface area contributed by atoms with Gasteiger partial charge in [0, 0.05) is 109 Å². The standard InChI is InChI=1S/C26H26N4O.C25H21F3N4O.C23H21N5O/c31-23-9-6-21(7-10-23)22-8-11-24-25(18-22)28-26(19-27-24)30-16-14-29(15-17-30)13-12-20-4-2-1-3-5-20;26-25(27,28)19-4-6-20(7-5-19)31-11-13-32(14-12-31)24-16-29-22-10-3-18(15-23(22)30-24)17-1-8-21(33)9-2-17;29-20-4-1-17(2-5-20)18-3-6-21-22(15-18)26-23(16-25-21)28-13-11-27(12-14-28)19-7-9-24-10-8-19/h1-11,18-19,31H,12-17H2;1-10,15-16,33H,11-14H2;1-10,15-16,29H,11-14H2. The minimum atomic E-state index is -4.33. The van der Waals surface area contributed by atoms with Gasteiger partial charge in [-0.3, -0.25) is 24.8 Å². The van der Waals surface area contributed by atoms with E-state index in [0.29, 0.717) is 26.2 Å². The lowest BCUT2D eigenvalue weighted by molar-refractivity contribution is -0.137. The highest BCUT2D eigenvalue weighted by Gasteiger charge is 2.31. The number of piperazine rings is 3. The first-order valence-electron chi connectivity index (χ1n) is 31.1. The molecule has 3 aliphatic rings. The predicted octanol–water partition coefficient (Wildman–Crippen LogP) is 13.4. The fourth-order valence-corrected chi connectivity index (χ4v) is 11.9. The minimum Gasteiger partial charge on any atom is -0.508 e. The lowest BCUT2D eigenvalue weighted by Crippen LogP contribution is -2.47. The van der Waals surface area contributed by atoms with Crippen molar-refractivity contribution in [2.75, 3.05) is 110 Å². The molecule has 16 nitrogen and oxygen atoms in total. The number of aromatic nitrogens is 7. The van der Waals surface area contributed by atoms with E-state index in [1.165, 1.54) is 23.4 Å². The molecule has 15 rings (SSSR count). The first-order valence-corrected chi connectivity index (χ1v) is 31.1. The van der Waals surface area contributed by atoms with Crippen LogP contribution >= 0.6 is 0 Å². The second-order valence-corrected chi connectivity index (χ2v) is 23.2. The maximum Gasteiger partial charge on any atom is 0.416 e. The van der Waals surface area contributed by atoms with Gasteiger partial charge in [0.1, 0.15) is 34.7 Å². The molecule has 7 heterocycles. The van der Waals surface area contributed by atoms with Gasteiger partial charge in [-0.25, -0.2) is 15.0 Å². The summed E-state index contributed by atoms with van der Waals surface area (Å²) < 4.78 is 38.4. The molecule has 4 aromatic heterocycles. The monoisotopic (exact) mass is 1240 g/mol. The lowest BCUT2D eigenvalue weighted by Gasteiger charge is -2.36. The van der Waals surface area contributed by atoms with Gasteiger partial charge in [-0.2, -0.15) is 13.2 Å². The van der Waals surface area contributed by atoms with E-state index < -0.39 is 11.7 Å². The van der Waals surface area contributed by atoms with Gasteiger partial charge in [0.15, 0.2) is 0 Å². The van der Waals surface area contributed by atoms with Crippen molar-refractivity contribution in [2.45, 2.75) is 12.6 Å². The van der Waals surface area contributed by atoms with E-state index in [2.05, 4.69) is 110 Å². The number of rotatable bonds is 11. The smallest absolute Gasteiger partial charge is 0.416 e. The third-order valence-corrected chi connectivity index (χ3v) is 17.2. The predicted molar refractivity (Wildman–Crippen MR) is 363 cm³/mol. The first-order chi connectivity index (χ1) is 45.4. The molecule has 468 valence electrons. The molecule has 0 amide bonds. The van der Waals surface area contributed by atoms with Crippen LogP contribution < -0.4 is 24.5 Å². The summed E-state index contributed by atoms with van der Waals surface area (Å²) in [6, 6.07) is 59.7. The van der Waals surface area contributed by atoms with E-state index in [4.69, 9.17) is 15.0 Å². The highest BCUT2D eigenvalue weighted by Crippen LogP contribution is 2.33. The van der Waals surface area contributed by atoms with Crippen LogP contribution in [-0.4, -0.2) is 140 Å². The van der Waals surface area contributed by atoms with E-state index in [1.54, 1.807) is 42.6 Å². The van der Waals surface area contributed by atoms with Crippen molar-refractivity contribution in [2.24, 2.45) is 0 Å². The summed E-state index contributed by atoms with van der Waals surface area (Å²) >= 11 is 0. The molecule has 3 aliphatic heterocycles. The van der Waals surface area contributed by atoms with Gasteiger partial charge in [0.05, 0.1) is 57.3 Å². The topological polar surface area (TPSA) is 170 Å². The highest BCUT2D eigenvalue weighted by molar-refractivity contribution is 5.85. The fourth-order valence-electron chi connectivity index (χ4n) is 11.9. The SMILES string of the molecule is Oc1ccc(-c2ccc3ncc(N4CCN(CCc5ccccc5)CC4)nc3c2)cc1.Oc1ccc(-c2ccc3ncc(N4CCN(c5ccc(C(F)(F)F)cc5)CC4)nc3c2)cc1.Oc1ccc(-c2ccc3ncc(N4CCN(c5ccncc5)CC4)nc3c2)cc1. The van der Waals surface area contributed by atoms with Gasteiger partial charge in [0.25, 0.3) is 0 Å². The normalized spacial score (nSPS) is 14.6. The molecule has 3 N–H and O–H groups in total. The Morgan fingerprint density at radius 1 is 0.344 bits per heavy atom. The van der Waals surface area contributed by atoms with Gasteiger partial charge in [-0.05, 0) is 155 Å². The Morgan fingerprint density at radius 2 is 0.688 bits per heavy atom. The zero-order valence-electron chi connectivity index (χ0n) is 51.1. The highest BCUT2D eigenvalue weighted by atomic mass is 19.4.